The van der Waals surface area contributed by atoms with Crippen molar-refractivity contribution >= 4 is 23.2 Å². The maximum atomic E-state index is 12.2. The summed E-state index contributed by atoms with van der Waals surface area (Å²) in [5.74, 6) is -1.26. The van der Waals surface area contributed by atoms with Crippen LogP contribution in [0.15, 0.2) is 66.7 Å². The van der Waals surface area contributed by atoms with Gasteiger partial charge in [0.2, 0.25) is 0 Å². The van der Waals surface area contributed by atoms with Crippen molar-refractivity contribution in [3.8, 4) is 0 Å². The highest BCUT2D eigenvalue weighted by atomic mass is 16.2. The number of benzene rings is 3. The number of nitrogens with one attached hydrogen (secondary N) is 2. The van der Waals surface area contributed by atoms with Crippen molar-refractivity contribution in [2.24, 2.45) is 0 Å². The Morgan fingerprint density at radius 1 is 0.875 bits per heavy atom. The molecule has 2 amide bonds. The molecule has 1 aliphatic rings. The Kier molecular flexibility index (Phi) is 6.55. The number of fused-ring (bicyclic) bond motifs is 1. The summed E-state index contributed by atoms with van der Waals surface area (Å²) in [6.45, 7) is 6.26. The molecular weight excluding hydrogens is 398 g/mol. The molecule has 0 unspecified atom stereocenters. The number of anilines is 2. The van der Waals surface area contributed by atoms with E-state index in [0.717, 1.165) is 36.2 Å². The molecule has 3 aromatic rings. The molecule has 0 radical (unpaired) electrons. The highest BCUT2D eigenvalue weighted by Gasteiger charge is 2.16. The predicted octanol–water partition coefficient (Wildman–Crippen LogP) is 4.16. The van der Waals surface area contributed by atoms with Crippen molar-refractivity contribution < 1.29 is 9.59 Å². The first-order valence-corrected chi connectivity index (χ1v) is 11.1. The van der Waals surface area contributed by atoms with E-state index >= 15 is 0 Å². The van der Waals surface area contributed by atoms with E-state index in [2.05, 4.69) is 64.1 Å². The predicted molar refractivity (Wildman–Crippen MR) is 129 cm³/mol. The summed E-state index contributed by atoms with van der Waals surface area (Å²) in [5.41, 5.74) is 7.87. The van der Waals surface area contributed by atoms with Crippen LogP contribution in [0.5, 0.6) is 0 Å². The maximum Gasteiger partial charge on any atom is 0.313 e. The molecule has 164 valence electrons. The van der Waals surface area contributed by atoms with Crippen molar-refractivity contribution in [3.63, 3.8) is 0 Å². The molecule has 1 heterocycles. The topological polar surface area (TPSA) is 61.4 Å². The van der Waals surface area contributed by atoms with Crippen LogP contribution in [0.3, 0.4) is 0 Å². The first kappa shape index (κ1) is 21.6. The maximum absolute atomic E-state index is 12.2. The minimum Gasteiger partial charge on any atom is -0.367 e. The molecule has 0 aliphatic carbocycles. The van der Waals surface area contributed by atoms with E-state index in [9.17, 15) is 9.59 Å². The lowest BCUT2D eigenvalue weighted by atomic mass is 9.99. The lowest BCUT2D eigenvalue weighted by molar-refractivity contribution is -0.136. The van der Waals surface area contributed by atoms with Gasteiger partial charge in [-0.25, -0.2) is 0 Å². The van der Waals surface area contributed by atoms with Gasteiger partial charge in [0.15, 0.2) is 0 Å². The largest absolute Gasteiger partial charge is 0.367 e. The minimum atomic E-state index is -0.639. The molecule has 5 nitrogen and oxygen atoms in total. The quantitative estimate of drug-likeness (QED) is 0.601. The van der Waals surface area contributed by atoms with Crippen molar-refractivity contribution in [2.75, 3.05) is 23.3 Å². The number of rotatable bonds is 5. The van der Waals surface area contributed by atoms with Gasteiger partial charge in [0.25, 0.3) is 0 Å². The van der Waals surface area contributed by atoms with Gasteiger partial charge in [-0.15, -0.1) is 0 Å². The van der Waals surface area contributed by atoms with E-state index in [0.29, 0.717) is 18.7 Å². The van der Waals surface area contributed by atoms with Gasteiger partial charge in [0.1, 0.15) is 0 Å². The minimum absolute atomic E-state index is 0.412. The summed E-state index contributed by atoms with van der Waals surface area (Å²) >= 11 is 0. The van der Waals surface area contributed by atoms with Crippen molar-refractivity contribution in [1.82, 2.24) is 5.32 Å². The van der Waals surface area contributed by atoms with Crippen LogP contribution in [0.1, 0.15) is 27.8 Å². The number of hydrogen-bond donors (Lipinski definition) is 2. The number of carbonyl (C=O) groups excluding carboxylic acids is 2. The Labute approximate surface area is 189 Å². The number of nitrogens with zero attached hydrogens (tertiary/aromatic N) is 1. The molecule has 5 heteroatoms. The van der Waals surface area contributed by atoms with E-state index in [-0.39, 0.29) is 0 Å². The van der Waals surface area contributed by atoms with Crippen LogP contribution in [0.25, 0.3) is 0 Å². The smallest absolute Gasteiger partial charge is 0.313 e. The standard InChI is InChI=1S/C27H29N3O2/c1-19-6-5-9-25(20(19)2)29-27(32)26(31)28-16-14-21-10-12-24(13-11-21)30-17-15-22-7-3-4-8-23(22)18-30/h3-13H,14-18H2,1-2H3,(H,28,31)(H,29,32). The highest BCUT2D eigenvalue weighted by molar-refractivity contribution is 6.39. The van der Waals surface area contributed by atoms with Crippen molar-refractivity contribution in [1.29, 1.82) is 0 Å². The van der Waals surface area contributed by atoms with Crippen LogP contribution in [0.4, 0.5) is 11.4 Å². The van der Waals surface area contributed by atoms with E-state index in [4.69, 9.17) is 0 Å². The van der Waals surface area contributed by atoms with E-state index < -0.39 is 11.8 Å². The number of aryl methyl sites for hydroxylation is 1. The summed E-state index contributed by atoms with van der Waals surface area (Å²) in [4.78, 5) is 26.8. The SMILES string of the molecule is Cc1cccc(NC(=O)C(=O)NCCc2ccc(N3CCc4ccccc4C3)cc2)c1C. The third-order valence-corrected chi connectivity index (χ3v) is 6.19. The Morgan fingerprint density at radius 3 is 2.41 bits per heavy atom. The normalized spacial score (nSPS) is 12.8. The molecule has 4 rings (SSSR count). The molecular formula is C27H29N3O2. The summed E-state index contributed by atoms with van der Waals surface area (Å²) in [6, 6.07) is 22.7. The summed E-state index contributed by atoms with van der Waals surface area (Å²) in [7, 11) is 0. The van der Waals surface area contributed by atoms with Gasteiger partial charge in [0, 0.05) is 31.0 Å². The number of hydrogen-bond acceptors (Lipinski definition) is 3. The molecule has 2 N–H and O–H groups in total. The molecule has 32 heavy (non-hydrogen) atoms. The summed E-state index contributed by atoms with van der Waals surface area (Å²) in [6.07, 6.45) is 1.74. The fraction of sp³-hybridized carbons (Fsp3) is 0.259. The average molecular weight is 428 g/mol. The zero-order chi connectivity index (χ0) is 22.5. The third-order valence-electron chi connectivity index (χ3n) is 6.19. The Hall–Kier alpha value is -3.60. The van der Waals surface area contributed by atoms with Crippen LogP contribution < -0.4 is 15.5 Å². The lowest BCUT2D eigenvalue weighted by Gasteiger charge is -2.30. The van der Waals surface area contributed by atoms with Gasteiger partial charge in [-0.2, -0.15) is 0 Å². The molecule has 1 aliphatic heterocycles. The van der Waals surface area contributed by atoms with Crippen molar-refractivity contribution in [2.45, 2.75) is 33.2 Å². The highest BCUT2D eigenvalue weighted by Crippen LogP contribution is 2.24. The molecule has 0 bridgehead atoms. The second kappa shape index (κ2) is 9.69. The zero-order valence-corrected chi connectivity index (χ0v) is 18.7. The van der Waals surface area contributed by atoms with Gasteiger partial charge in [-0.05, 0) is 72.7 Å². The van der Waals surface area contributed by atoms with E-state index in [1.807, 2.05) is 26.0 Å². The zero-order valence-electron chi connectivity index (χ0n) is 18.7. The van der Waals surface area contributed by atoms with Gasteiger partial charge in [-0.3, -0.25) is 9.59 Å². The van der Waals surface area contributed by atoms with Crippen LogP contribution in [0.2, 0.25) is 0 Å². The third kappa shape index (κ3) is 4.99. The van der Waals surface area contributed by atoms with Gasteiger partial charge in [-0.1, -0.05) is 48.5 Å². The second-order valence-electron chi connectivity index (χ2n) is 8.31. The molecule has 0 atom stereocenters. The molecule has 0 aromatic heterocycles. The van der Waals surface area contributed by atoms with Crippen LogP contribution in [0, 0.1) is 13.8 Å². The number of amides is 2. The van der Waals surface area contributed by atoms with Crippen LogP contribution in [-0.4, -0.2) is 24.9 Å². The van der Waals surface area contributed by atoms with Gasteiger partial charge >= 0.3 is 11.8 Å². The average Bonchev–Trinajstić information content (AvgIpc) is 2.82. The van der Waals surface area contributed by atoms with E-state index in [1.54, 1.807) is 6.07 Å². The first-order chi connectivity index (χ1) is 15.5. The Balaban J connectivity index is 1.26. The second-order valence-corrected chi connectivity index (χ2v) is 8.31. The van der Waals surface area contributed by atoms with Crippen molar-refractivity contribution in [3.05, 3.63) is 94.5 Å². The molecule has 0 spiro atoms. The molecule has 3 aromatic carbocycles. The summed E-state index contributed by atoms with van der Waals surface area (Å²) < 4.78 is 0. The lowest BCUT2D eigenvalue weighted by Crippen LogP contribution is -2.36. The Bertz CT molecular complexity index is 1120. The van der Waals surface area contributed by atoms with E-state index in [1.165, 1.54) is 16.8 Å². The van der Waals surface area contributed by atoms with Crippen LogP contribution in [-0.2, 0) is 29.0 Å². The monoisotopic (exact) mass is 427 g/mol. The fourth-order valence-electron chi connectivity index (χ4n) is 4.06. The molecule has 0 saturated heterocycles. The first-order valence-electron chi connectivity index (χ1n) is 11.1. The van der Waals surface area contributed by atoms with Gasteiger partial charge < -0.3 is 15.5 Å². The Morgan fingerprint density at radius 2 is 1.62 bits per heavy atom. The molecule has 0 fully saturated rings. The van der Waals surface area contributed by atoms with Crippen LogP contribution >= 0.6 is 0 Å². The number of carbonyl (C=O) groups is 2. The van der Waals surface area contributed by atoms with Gasteiger partial charge in [0.05, 0.1) is 0 Å². The summed E-state index contributed by atoms with van der Waals surface area (Å²) in [5, 5.41) is 5.41. The fourth-order valence-corrected chi connectivity index (χ4v) is 4.06. The molecule has 0 saturated carbocycles.